The van der Waals surface area contributed by atoms with Gasteiger partial charge in [0.05, 0.1) is 23.1 Å². The van der Waals surface area contributed by atoms with Gasteiger partial charge in [0.2, 0.25) is 0 Å². The van der Waals surface area contributed by atoms with Gasteiger partial charge in [0.25, 0.3) is 0 Å². The Labute approximate surface area is 198 Å². The summed E-state index contributed by atoms with van der Waals surface area (Å²) in [6, 6.07) is 8.18. The van der Waals surface area contributed by atoms with Crippen molar-refractivity contribution >= 4 is 28.9 Å². The van der Waals surface area contributed by atoms with Gasteiger partial charge < -0.3 is 20.1 Å². The number of anilines is 2. The second kappa shape index (κ2) is 10.2. The van der Waals surface area contributed by atoms with Crippen LogP contribution in [0.15, 0.2) is 30.5 Å². The normalized spacial score (nSPS) is 18.2. The third-order valence-electron chi connectivity index (χ3n) is 5.71. The fourth-order valence-corrected chi connectivity index (χ4v) is 5.22. The molecular weight excluding hydrogens is 438 g/mol. The van der Waals surface area contributed by atoms with Gasteiger partial charge >= 0.3 is 6.09 Å². The van der Waals surface area contributed by atoms with E-state index in [1.165, 1.54) is 0 Å². The molecule has 0 atom stereocenters. The van der Waals surface area contributed by atoms with E-state index in [1.807, 2.05) is 45.2 Å². The average molecular weight is 470 g/mol. The standard InChI is InChI=1S/C24H31N5O3S/c1-14(2)32-24(30)27-17-7-5-16(6-8-17)23-25-13-21(33-23)19-10-9-18(12-20(19)31-4)26-22-11-15(3)28-29-22/h9-14,16-17H,5-8H2,1-4H3,(H,27,30)(H2,26,28,29). The van der Waals surface area contributed by atoms with Crippen LogP contribution in [0.4, 0.5) is 16.3 Å². The Hall–Kier alpha value is -3.07. The number of nitrogens with one attached hydrogen (secondary N) is 3. The monoisotopic (exact) mass is 469 g/mol. The van der Waals surface area contributed by atoms with Crippen LogP contribution in [0.3, 0.4) is 0 Å². The molecule has 1 amide bonds. The third kappa shape index (κ3) is 5.84. The number of rotatable bonds is 7. The van der Waals surface area contributed by atoms with Crippen molar-refractivity contribution in [3.63, 3.8) is 0 Å². The molecule has 0 unspecified atom stereocenters. The number of benzene rings is 1. The molecule has 2 aromatic heterocycles. The van der Waals surface area contributed by atoms with Crippen LogP contribution in [0.5, 0.6) is 5.75 Å². The number of methoxy groups -OCH3 is 1. The highest BCUT2D eigenvalue weighted by atomic mass is 32.1. The molecule has 3 N–H and O–H groups in total. The number of thiazole rings is 1. The summed E-state index contributed by atoms with van der Waals surface area (Å²) in [5.74, 6) is 1.97. The highest BCUT2D eigenvalue weighted by molar-refractivity contribution is 7.15. The van der Waals surface area contributed by atoms with Gasteiger partial charge in [0.15, 0.2) is 5.82 Å². The maximum Gasteiger partial charge on any atom is 0.407 e. The molecule has 1 saturated carbocycles. The van der Waals surface area contributed by atoms with Crippen LogP contribution in [-0.4, -0.2) is 40.5 Å². The molecule has 1 aromatic carbocycles. The number of aromatic amines is 1. The van der Waals surface area contributed by atoms with Gasteiger partial charge in [-0.3, -0.25) is 5.10 Å². The van der Waals surface area contributed by atoms with E-state index in [4.69, 9.17) is 14.5 Å². The highest BCUT2D eigenvalue weighted by Crippen LogP contribution is 2.41. The maximum absolute atomic E-state index is 11.9. The number of nitrogens with zero attached hydrogens (tertiary/aromatic N) is 2. The zero-order valence-corrected chi connectivity index (χ0v) is 20.3. The molecular formula is C24H31N5O3S. The smallest absolute Gasteiger partial charge is 0.407 e. The van der Waals surface area contributed by atoms with E-state index in [0.29, 0.717) is 5.92 Å². The van der Waals surface area contributed by atoms with Crippen LogP contribution in [-0.2, 0) is 4.74 Å². The van der Waals surface area contributed by atoms with Gasteiger partial charge in [-0.05, 0) is 58.6 Å². The lowest BCUT2D eigenvalue weighted by atomic mass is 9.86. The molecule has 4 rings (SSSR count). The first-order chi connectivity index (χ1) is 15.9. The average Bonchev–Trinajstić information content (AvgIpc) is 3.43. The summed E-state index contributed by atoms with van der Waals surface area (Å²) in [5.41, 5.74) is 2.93. The van der Waals surface area contributed by atoms with Gasteiger partial charge in [-0.15, -0.1) is 11.3 Å². The van der Waals surface area contributed by atoms with Crippen LogP contribution in [0.25, 0.3) is 10.4 Å². The molecule has 1 fully saturated rings. The van der Waals surface area contributed by atoms with Crippen LogP contribution >= 0.6 is 11.3 Å². The van der Waals surface area contributed by atoms with E-state index in [1.54, 1.807) is 18.4 Å². The first-order valence-corrected chi connectivity index (χ1v) is 12.1. The van der Waals surface area contributed by atoms with Crippen molar-refractivity contribution in [3.05, 3.63) is 41.2 Å². The van der Waals surface area contributed by atoms with Crippen molar-refractivity contribution in [2.75, 3.05) is 12.4 Å². The first kappa shape index (κ1) is 23.1. The number of aryl methyl sites for hydroxylation is 1. The van der Waals surface area contributed by atoms with Gasteiger partial charge in [0.1, 0.15) is 5.75 Å². The molecule has 33 heavy (non-hydrogen) atoms. The molecule has 0 saturated heterocycles. The van der Waals surface area contributed by atoms with E-state index in [9.17, 15) is 4.79 Å². The molecule has 0 radical (unpaired) electrons. The topological polar surface area (TPSA) is 101 Å². The molecule has 0 spiro atoms. The number of hydrogen-bond donors (Lipinski definition) is 3. The van der Waals surface area contributed by atoms with E-state index in [0.717, 1.165) is 64.1 Å². The lowest BCUT2D eigenvalue weighted by Gasteiger charge is -2.28. The predicted octanol–water partition coefficient (Wildman–Crippen LogP) is 5.75. The summed E-state index contributed by atoms with van der Waals surface area (Å²) in [6.07, 6.45) is 5.38. The molecule has 1 aliphatic carbocycles. The third-order valence-corrected chi connectivity index (χ3v) is 6.90. The highest BCUT2D eigenvalue weighted by Gasteiger charge is 2.26. The minimum atomic E-state index is -0.322. The Balaban J connectivity index is 1.39. The lowest BCUT2D eigenvalue weighted by molar-refractivity contribution is 0.109. The number of H-pyrrole nitrogens is 1. The number of ether oxygens (including phenoxy) is 2. The minimum absolute atomic E-state index is 0.105. The molecule has 8 nitrogen and oxygen atoms in total. The molecule has 2 heterocycles. The van der Waals surface area contributed by atoms with Crippen molar-refractivity contribution in [3.8, 4) is 16.2 Å². The van der Waals surface area contributed by atoms with Crippen molar-refractivity contribution < 1.29 is 14.3 Å². The summed E-state index contributed by atoms with van der Waals surface area (Å²) in [6.45, 7) is 5.68. The second-order valence-corrected chi connectivity index (χ2v) is 9.75. The van der Waals surface area contributed by atoms with Crippen LogP contribution in [0.1, 0.15) is 56.2 Å². The van der Waals surface area contributed by atoms with Gasteiger partial charge in [-0.25, -0.2) is 9.78 Å². The molecule has 0 bridgehead atoms. The zero-order valence-electron chi connectivity index (χ0n) is 19.5. The molecule has 0 aliphatic heterocycles. The molecule has 3 aromatic rings. The Morgan fingerprint density at radius 3 is 2.67 bits per heavy atom. The van der Waals surface area contributed by atoms with Crippen molar-refractivity contribution in [1.82, 2.24) is 20.5 Å². The van der Waals surface area contributed by atoms with Crippen molar-refractivity contribution in [1.29, 1.82) is 0 Å². The van der Waals surface area contributed by atoms with Crippen molar-refractivity contribution in [2.24, 2.45) is 0 Å². The summed E-state index contributed by atoms with van der Waals surface area (Å²) >= 11 is 1.72. The van der Waals surface area contributed by atoms with E-state index in [2.05, 4.69) is 26.9 Å². The number of alkyl carbamates (subject to hydrolysis) is 1. The Kier molecular flexibility index (Phi) is 7.17. The Morgan fingerprint density at radius 1 is 1.21 bits per heavy atom. The van der Waals surface area contributed by atoms with Crippen LogP contribution < -0.4 is 15.4 Å². The van der Waals surface area contributed by atoms with Crippen LogP contribution in [0, 0.1) is 6.92 Å². The fourth-order valence-electron chi connectivity index (χ4n) is 4.10. The van der Waals surface area contributed by atoms with Gasteiger partial charge in [0, 0.05) is 47.2 Å². The Bertz CT molecular complexity index is 1090. The molecule has 1 aliphatic rings. The summed E-state index contributed by atoms with van der Waals surface area (Å²) in [7, 11) is 1.68. The lowest BCUT2D eigenvalue weighted by Crippen LogP contribution is -2.38. The zero-order chi connectivity index (χ0) is 23.4. The first-order valence-electron chi connectivity index (χ1n) is 11.3. The summed E-state index contributed by atoms with van der Waals surface area (Å²) in [5, 5.41) is 14.6. The Morgan fingerprint density at radius 2 is 2.00 bits per heavy atom. The van der Waals surface area contributed by atoms with E-state index in [-0.39, 0.29) is 18.2 Å². The quantitative estimate of drug-likeness (QED) is 0.407. The second-order valence-electron chi connectivity index (χ2n) is 8.69. The predicted molar refractivity (Wildman–Crippen MR) is 130 cm³/mol. The molecule has 176 valence electrons. The number of carbonyl (C=O) groups excluding carboxylic acids is 1. The van der Waals surface area contributed by atoms with Gasteiger partial charge in [-0.1, -0.05) is 0 Å². The SMILES string of the molecule is COc1cc(Nc2cc(C)[nH]n2)ccc1-c1cnc(C2CCC(NC(=O)OC(C)C)CC2)s1. The summed E-state index contributed by atoms with van der Waals surface area (Å²) in [4.78, 5) is 17.7. The van der Waals surface area contributed by atoms with E-state index < -0.39 is 0 Å². The van der Waals surface area contributed by atoms with E-state index >= 15 is 0 Å². The van der Waals surface area contributed by atoms with Crippen LogP contribution in [0.2, 0.25) is 0 Å². The molecule has 9 heteroatoms. The minimum Gasteiger partial charge on any atom is -0.496 e. The summed E-state index contributed by atoms with van der Waals surface area (Å²) < 4.78 is 10.9. The fraction of sp³-hybridized carbons (Fsp3) is 0.458. The number of amides is 1. The maximum atomic E-state index is 11.9. The number of aromatic nitrogens is 3. The number of carbonyl (C=O) groups is 1. The largest absolute Gasteiger partial charge is 0.496 e. The van der Waals surface area contributed by atoms with Crippen molar-refractivity contribution in [2.45, 2.75) is 64.5 Å². The number of hydrogen-bond acceptors (Lipinski definition) is 7. The van der Waals surface area contributed by atoms with Gasteiger partial charge in [-0.2, -0.15) is 5.10 Å².